The lowest BCUT2D eigenvalue weighted by atomic mass is 10.2. The maximum atomic E-state index is 5.95. The van der Waals surface area contributed by atoms with Crippen LogP contribution in [-0.2, 0) is 0 Å². The number of likely N-dealkylation sites (N-methyl/N-ethyl adjacent to an activating group) is 1. The van der Waals surface area contributed by atoms with E-state index in [2.05, 4.69) is 11.9 Å². The number of nitrogens with zero attached hydrogens (tertiary/aromatic N) is 1. The monoisotopic (exact) mass is 197 g/mol. The van der Waals surface area contributed by atoms with E-state index in [1.165, 1.54) is 0 Å². The second-order valence-electron chi connectivity index (χ2n) is 3.39. The molecular formula is C10H12ClNO. The molecular weight excluding hydrogens is 186 g/mol. The van der Waals surface area contributed by atoms with Crippen LogP contribution in [0.4, 0.5) is 0 Å². The summed E-state index contributed by atoms with van der Waals surface area (Å²) in [6.07, 6.45) is 0.310. The Kier molecular flexibility index (Phi) is 2.42. The van der Waals surface area contributed by atoms with Gasteiger partial charge in [-0.25, -0.2) is 0 Å². The molecule has 1 aliphatic rings. The zero-order valence-electron chi connectivity index (χ0n) is 7.53. The molecule has 0 N–H and O–H groups in total. The van der Waals surface area contributed by atoms with Gasteiger partial charge in [0.1, 0.15) is 11.9 Å². The summed E-state index contributed by atoms with van der Waals surface area (Å²) in [5, 5.41) is 0.692. The fourth-order valence-electron chi connectivity index (χ4n) is 1.44. The highest BCUT2D eigenvalue weighted by Gasteiger charge is 2.25. The Balaban J connectivity index is 1.98. The van der Waals surface area contributed by atoms with Crippen molar-refractivity contribution >= 4 is 11.6 Å². The summed E-state index contributed by atoms with van der Waals surface area (Å²) in [4.78, 5) is 2.21. The zero-order valence-corrected chi connectivity index (χ0v) is 8.29. The van der Waals surface area contributed by atoms with E-state index < -0.39 is 0 Å². The van der Waals surface area contributed by atoms with Crippen molar-refractivity contribution in [3.05, 3.63) is 29.3 Å². The van der Waals surface area contributed by atoms with Crippen LogP contribution >= 0.6 is 11.6 Å². The van der Waals surface area contributed by atoms with Crippen molar-refractivity contribution in [3.8, 4) is 5.75 Å². The summed E-state index contributed by atoms with van der Waals surface area (Å²) >= 11 is 5.95. The van der Waals surface area contributed by atoms with Gasteiger partial charge >= 0.3 is 0 Å². The molecule has 2 rings (SSSR count). The SMILES string of the molecule is CN1CC(Oc2ccccc2Cl)C1. The number of rotatable bonds is 2. The Bertz CT molecular complexity index is 297. The number of hydrogen-bond donors (Lipinski definition) is 0. The third kappa shape index (κ3) is 1.95. The molecule has 0 radical (unpaired) electrons. The van der Waals surface area contributed by atoms with E-state index in [1.807, 2.05) is 24.3 Å². The lowest BCUT2D eigenvalue weighted by molar-refractivity contribution is 0.0389. The highest BCUT2D eigenvalue weighted by Crippen LogP contribution is 2.25. The predicted molar refractivity (Wildman–Crippen MR) is 53.4 cm³/mol. The Morgan fingerprint density at radius 1 is 1.38 bits per heavy atom. The first-order valence-corrected chi connectivity index (χ1v) is 4.73. The van der Waals surface area contributed by atoms with Crippen LogP contribution in [0, 0.1) is 0 Å². The molecule has 1 aromatic carbocycles. The van der Waals surface area contributed by atoms with Gasteiger partial charge in [-0.2, -0.15) is 0 Å². The van der Waals surface area contributed by atoms with Gasteiger partial charge in [0.25, 0.3) is 0 Å². The van der Waals surface area contributed by atoms with Gasteiger partial charge in [-0.15, -0.1) is 0 Å². The summed E-state index contributed by atoms with van der Waals surface area (Å²) in [5.41, 5.74) is 0. The molecule has 1 aromatic rings. The standard InChI is InChI=1S/C10H12ClNO/c1-12-6-8(7-12)13-10-5-3-2-4-9(10)11/h2-5,8H,6-7H2,1H3. The molecule has 0 unspecified atom stereocenters. The van der Waals surface area contributed by atoms with Crippen LogP contribution < -0.4 is 4.74 Å². The summed E-state index contributed by atoms with van der Waals surface area (Å²) in [5.74, 6) is 0.794. The number of benzene rings is 1. The topological polar surface area (TPSA) is 12.5 Å². The predicted octanol–water partition coefficient (Wildman–Crippen LogP) is 2.03. The van der Waals surface area contributed by atoms with Crippen LogP contribution in [0.1, 0.15) is 0 Å². The van der Waals surface area contributed by atoms with E-state index in [4.69, 9.17) is 16.3 Å². The van der Waals surface area contributed by atoms with Gasteiger partial charge in [0.15, 0.2) is 0 Å². The van der Waals surface area contributed by atoms with Gasteiger partial charge in [0, 0.05) is 13.1 Å². The van der Waals surface area contributed by atoms with Crippen molar-refractivity contribution in [2.45, 2.75) is 6.10 Å². The van der Waals surface area contributed by atoms with Crippen molar-refractivity contribution in [3.63, 3.8) is 0 Å². The Labute approximate surface area is 83.1 Å². The molecule has 2 nitrogen and oxygen atoms in total. The van der Waals surface area contributed by atoms with Crippen LogP contribution in [0.25, 0.3) is 0 Å². The second kappa shape index (κ2) is 3.56. The molecule has 0 atom stereocenters. The minimum Gasteiger partial charge on any atom is -0.486 e. The van der Waals surface area contributed by atoms with Gasteiger partial charge in [-0.05, 0) is 19.2 Å². The maximum absolute atomic E-state index is 5.95. The lowest BCUT2D eigenvalue weighted by Gasteiger charge is -2.36. The number of likely N-dealkylation sites (tertiary alicyclic amines) is 1. The molecule has 1 aliphatic heterocycles. The minimum absolute atomic E-state index is 0.310. The van der Waals surface area contributed by atoms with E-state index in [-0.39, 0.29) is 0 Å². The fourth-order valence-corrected chi connectivity index (χ4v) is 1.62. The van der Waals surface area contributed by atoms with Gasteiger partial charge in [0.2, 0.25) is 0 Å². The molecule has 13 heavy (non-hydrogen) atoms. The molecule has 0 amide bonds. The molecule has 0 bridgehead atoms. The molecule has 3 heteroatoms. The van der Waals surface area contributed by atoms with Crippen LogP contribution in [0.2, 0.25) is 5.02 Å². The van der Waals surface area contributed by atoms with Gasteiger partial charge in [0.05, 0.1) is 5.02 Å². The largest absolute Gasteiger partial charge is 0.486 e. The van der Waals surface area contributed by atoms with E-state index in [0.29, 0.717) is 11.1 Å². The first-order chi connectivity index (χ1) is 6.25. The quantitative estimate of drug-likeness (QED) is 0.720. The van der Waals surface area contributed by atoms with E-state index in [9.17, 15) is 0 Å². The molecule has 0 spiro atoms. The normalized spacial score (nSPS) is 18.3. The van der Waals surface area contributed by atoms with Crippen LogP contribution in [0.3, 0.4) is 0 Å². The van der Waals surface area contributed by atoms with Gasteiger partial charge in [-0.3, -0.25) is 4.90 Å². The Hall–Kier alpha value is -0.730. The van der Waals surface area contributed by atoms with Crippen molar-refractivity contribution < 1.29 is 4.74 Å². The fraction of sp³-hybridized carbons (Fsp3) is 0.400. The number of ether oxygens (including phenoxy) is 1. The third-order valence-electron chi connectivity index (χ3n) is 2.16. The summed E-state index contributed by atoms with van der Waals surface area (Å²) < 4.78 is 5.68. The average Bonchev–Trinajstić information content (AvgIpc) is 2.06. The van der Waals surface area contributed by atoms with Crippen LogP contribution in [0.5, 0.6) is 5.75 Å². The van der Waals surface area contributed by atoms with Gasteiger partial charge in [-0.1, -0.05) is 23.7 Å². The summed E-state index contributed by atoms with van der Waals surface area (Å²) in [6, 6.07) is 7.59. The molecule has 0 aromatic heterocycles. The first-order valence-electron chi connectivity index (χ1n) is 4.35. The van der Waals surface area contributed by atoms with Crippen LogP contribution in [0.15, 0.2) is 24.3 Å². The smallest absolute Gasteiger partial charge is 0.138 e. The van der Waals surface area contributed by atoms with E-state index in [1.54, 1.807) is 0 Å². The van der Waals surface area contributed by atoms with Crippen molar-refractivity contribution in [2.75, 3.05) is 20.1 Å². The molecule has 1 saturated heterocycles. The third-order valence-corrected chi connectivity index (χ3v) is 2.47. The molecule has 1 heterocycles. The van der Waals surface area contributed by atoms with E-state index >= 15 is 0 Å². The van der Waals surface area contributed by atoms with Crippen LogP contribution in [-0.4, -0.2) is 31.1 Å². The average molecular weight is 198 g/mol. The lowest BCUT2D eigenvalue weighted by Crippen LogP contribution is -2.51. The molecule has 70 valence electrons. The van der Waals surface area contributed by atoms with E-state index in [0.717, 1.165) is 18.8 Å². The number of para-hydroxylation sites is 1. The van der Waals surface area contributed by atoms with Gasteiger partial charge < -0.3 is 4.74 Å². The Morgan fingerprint density at radius 3 is 2.69 bits per heavy atom. The Morgan fingerprint density at radius 2 is 2.08 bits per heavy atom. The number of halogens is 1. The maximum Gasteiger partial charge on any atom is 0.138 e. The highest BCUT2D eigenvalue weighted by molar-refractivity contribution is 6.32. The molecule has 0 aliphatic carbocycles. The summed E-state index contributed by atoms with van der Waals surface area (Å²) in [6.45, 7) is 1.98. The minimum atomic E-state index is 0.310. The zero-order chi connectivity index (χ0) is 9.26. The van der Waals surface area contributed by atoms with Crippen molar-refractivity contribution in [2.24, 2.45) is 0 Å². The second-order valence-corrected chi connectivity index (χ2v) is 3.80. The van der Waals surface area contributed by atoms with Crippen molar-refractivity contribution in [1.29, 1.82) is 0 Å². The highest BCUT2D eigenvalue weighted by atomic mass is 35.5. The first kappa shape index (κ1) is 8.85. The molecule has 0 saturated carbocycles. The van der Waals surface area contributed by atoms with Crippen molar-refractivity contribution in [1.82, 2.24) is 4.90 Å². The number of hydrogen-bond acceptors (Lipinski definition) is 2. The molecule has 1 fully saturated rings. The summed E-state index contributed by atoms with van der Waals surface area (Å²) in [7, 11) is 2.08.